The van der Waals surface area contributed by atoms with Crippen LogP contribution in [0, 0.1) is 0 Å². The van der Waals surface area contributed by atoms with Gasteiger partial charge in [-0.1, -0.05) is 12.1 Å². The maximum absolute atomic E-state index is 12.0. The van der Waals surface area contributed by atoms with Crippen molar-refractivity contribution in [3.63, 3.8) is 0 Å². The van der Waals surface area contributed by atoms with Crippen molar-refractivity contribution in [2.45, 2.75) is 39.3 Å². The van der Waals surface area contributed by atoms with Gasteiger partial charge in [0.25, 0.3) is 0 Å². The lowest BCUT2D eigenvalue weighted by Gasteiger charge is -2.18. The number of amides is 1. The monoisotopic (exact) mass is 337 g/mol. The van der Waals surface area contributed by atoms with Crippen molar-refractivity contribution in [2.75, 3.05) is 12.0 Å². The Kier molecular flexibility index (Phi) is 5.09. The lowest BCUT2D eigenvalue weighted by molar-refractivity contribution is -0.121. The maximum Gasteiger partial charge on any atom is 0.221 e. The number of aromatic nitrogens is 2. The molecule has 1 aromatic carbocycles. The second-order valence-corrected chi connectivity index (χ2v) is 8.35. The summed E-state index contributed by atoms with van der Waals surface area (Å²) in [4.78, 5) is 16.6. The number of nitrogens with zero attached hydrogens (tertiary/aromatic N) is 2. The van der Waals surface area contributed by atoms with E-state index in [9.17, 15) is 13.2 Å². The number of fused-ring (bicyclic) bond motifs is 1. The predicted molar refractivity (Wildman–Crippen MR) is 91.0 cm³/mol. The van der Waals surface area contributed by atoms with E-state index in [-0.39, 0.29) is 30.2 Å². The largest absolute Gasteiger partial charge is 0.346 e. The molecule has 1 N–H and O–H groups in total. The first kappa shape index (κ1) is 17.5. The summed E-state index contributed by atoms with van der Waals surface area (Å²) < 4.78 is 24.4. The number of benzene rings is 1. The molecular formula is C16H23N3O3S. The molecule has 0 unspecified atom stereocenters. The van der Waals surface area contributed by atoms with E-state index in [1.807, 2.05) is 31.2 Å². The van der Waals surface area contributed by atoms with Crippen LogP contribution in [0.1, 0.15) is 45.1 Å². The summed E-state index contributed by atoms with van der Waals surface area (Å²) in [6, 6.07) is 7.74. The van der Waals surface area contributed by atoms with Crippen LogP contribution in [-0.4, -0.2) is 35.9 Å². The predicted octanol–water partition coefficient (Wildman–Crippen LogP) is 2.23. The number of sulfone groups is 1. The van der Waals surface area contributed by atoms with Gasteiger partial charge in [-0.25, -0.2) is 13.4 Å². The highest BCUT2D eigenvalue weighted by Crippen LogP contribution is 2.24. The number of hydrogen-bond acceptors (Lipinski definition) is 4. The molecule has 0 aliphatic carbocycles. The van der Waals surface area contributed by atoms with E-state index in [4.69, 9.17) is 0 Å². The average molecular weight is 337 g/mol. The van der Waals surface area contributed by atoms with Crippen molar-refractivity contribution in [2.24, 2.45) is 0 Å². The average Bonchev–Trinajstić information content (AvgIpc) is 2.84. The quantitative estimate of drug-likeness (QED) is 0.876. The van der Waals surface area contributed by atoms with Gasteiger partial charge in [-0.3, -0.25) is 4.79 Å². The minimum atomic E-state index is -3.14. The number of carbonyl (C=O) groups excluding carboxylic acids is 1. The Bertz CT molecular complexity index is 809. The summed E-state index contributed by atoms with van der Waals surface area (Å²) in [5, 5.41) is 2.84. The SMILES string of the molecule is CC(C)n1c([C@H](C)NC(=O)CCS(C)(=O)=O)nc2ccccc21. The number of imidazole rings is 1. The molecule has 1 amide bonds. The summed E-state index contributed by atoms with van der Waals surface area (Å²) in [6.45, 7) is 5.99. The van der Waals surface area contributed by atoms with Gasteiger partial charge in [0.1, 0.15) is 15.7 Å². The molecule has 0 bridgehead atoms. The van der Waals surface area contributed by atoms with Gasteiger partial charge in [-0.15, -0.1) is 0 Å². The van der Waals surface area contributed by atoms with Crippen molar-refractivity contribution in [1.29, 1.82) is 0 Å². The molecular weight excluding hydrogens is 314 g/mol. The van der Waals surface area contributed by atoms with Crippen LogP contribution in [0.2, 0.25) is 0 Å². The molecule has 1 heterocycles. The highest BCUT2D eigenvalue weighted by atomic mass is 32.2. The van der Waals surface area contributed by atoms with Crippen LogP contribution in [0.4, 0.5) is 0 Å². The van der Waals surface area contributed by atoms with Gasteiger partial charge >= 0.3 is 0 Å². The molecule has 23 heavy (non-hydrogen) atoms. The van der Waals surface area contributed by atoms with Crippen LogP contribution < -0.4 is 5.32 Å². The number of carbonyl (C=O) groups is 1. The summed E-state index contributed by atoms with van der Waals surface area (Å²) in [6.07, 6.45) is 1.09. The van der Waals surface area contributed by atoms with Crippen LogP contribution in [0.5, 0.6) is 0 Å². The smallest absolute Gasteiger partial charge is 0.221 e. The molecule has 0 saturated carbocycles. The highest BCUT2D eigenvalue weighted by molar-refractivity contribution is 7.90. The third-order valence-corrected chi connectivity index (χ3v) is 4.55. The fraction of sp³-hybridized carbons (Fsp3) is 0.500. The molecule has 0 fully saturated rings. The van der Waals surface area contributed by atoms with E-state index in [0.717, 1.165) is 23.1 Å². The molecule has 0 aliphatic rings. The van der Waals surface area contributed by atoms with Gasteiger partial charge in [0, 0.05) is 18.7 Å². The van der Waals surface area contributed by atoms with E-state index >= 15 is 0 Å². The van der Waals surface area contributed by atoms with Gasteiger partial charge in [0.2, 0.25) is 5.91 Å². The van der Waals surface area contributed by atoms with Crippen LogP contribution in [0.3, 0.4) is 0 Å². The molecule has 0 radical (unpaired) electrons. The van der Waals surface area contributed by atoms with Crippen LogP contribution in [0.15, 0.2) is 24.3 Å². The van der Waals surface area contributed by atoms with Gasteiger partial charge in [-0.2, -0.15) is 0 Å². The normalized spacial score (nSPS) is 13.4. The second-order valence-electron chi connectivity index (χ2n) is 6.09. The Morgan fingerprint density at radius 1 is 1.26 bits per heavy atom. The Hall–Kier alpha value is -1.89. The number of nitrogens with one attached hydrogen (secondary N) is 1. The summed E-state index contributed by atoms with van der Waals surface area (Å²) >= 11 is 0. The topological polar surface area (TPSA) is 81.1 Å². The first-order chi connectivity index (χ1) is 10.7. The standard InChI is InChI=1S/C16H23N3O3S/c1-11(2)19-14-8-6-5-7-13(14)18-16(19)12(3)17-15(20)9-10-23(4,21)22/h5-8,11-12H,9-10H2,1-4H3,(H,17,20)/t12-/m0/s1. The molecule has 7 heteroatoms. The summed E-state index contributed by atoms with van der Waals surface area (Å²) in [7, 11) is -3.14. The lowest BCUT2D eigenvalue weighted by atomic mass is 10.2. The van der Waals surface area contributed by atoms with Crippen molar-refractivity contribution < 1.29 is 13.2 Å². The van der Waals surface area contributed by atoms with E-state index in [2.05, 4.69) is 28.7 Å². The zero-order valence-corrected chi connectivity index (χ0v) is 14.7. The van der Waals surface area contributed by atoms with Crippen LogP contribution >= 0.6 is 0 Å². The number of para-hydroxylation sites is 2. The van der Waals surface area contributed by atoms with Gasteiger partial charge in [0.05, 0.1) is 22.8 Å². The fourth-order valence-electron chi connectivity index (χ4n) is 2.57. The zero-order chi connectivity index (χ0) is 17.2. The number of hydrogen-bond donors (Lipinski definition) is 1. The minimum absolute atomic E-state index is 0.0366. The van der Waals surface area contributed by atoms with E-state index < -0.39 is 9.84 Å². The van der Waals surface area contributed by atoms with E-state index in [1.165, 1.54) is 0 Å². The molecule has 6 nitrogen and oxygen atoms in total. The molecule has 0 spiro atoms. The van der Waals surface area contributed by atoms with Crippen molar-refractivity contribution in [3.8, 4) is 0 Å². The first-order valence-electron chi connectivity index (χ1n) is 7.63. The minimum Gasteiger partial charge on any atom is -0.346 e. The first-order valence-corrected chi connectivity index (χ1v) is 9.69. The van der Waals surface area contributed by atoms with Gasteiger partial charge < -0.3 is 9.88 Å². The third kappa shape index (κ3) is 4.31. The Morgan fingerprint density at radius 3 is 2.52 bits per heavy atom. The zero-order valence-electron chi connectivity index (χ0n) is 13.9. The highest BCUT2D eigenvalue weighted by Gasteiger charge is 2.20. The molecule has 1 aromatic heterocycles. The van der Waals surface area contributed by atoms with Crippen LogP contribution in [0.25, 0.3) is 11.0 Å². The molecule has 2 rings (SSSR count). The van der Waals surface area contributed by atoms with Crippen molar-refractivity contribution >= 4 is 26.8 Å². The number of rotatable bonds is 6. The molecule has 0 saturated heterocycles. The second kappa shape index (κ2) is 6.70. The lowest BCUT2D eigenvalue weighted by Crippen LogP contribution is -2.30. The third-order valence-electron chi connectivity index (χ3n) is 3.60. The van der Waals surface area contributed by atoms with E-state index in [0.29, 0.717) is 0 Å². The van der Waals surface area contributed by atoms with Crippen molar-refractivity contribution in [3.05, 3.63) is 30.1 Å². The fourth-order valence-corrected chi connectivity index (χ4v) is 3.12. The Morgan fingerprint density at radius 2 is 1.91 bits per heavy atom. The molecule has 126 valence electrons. The molecule has 0 aliphatic heterocycles. The Labute approximate surface area is 136 Å². The van der Waals surface area contributed by atoms with Gasteiger partial charge in [0.15, 0.2) is 0 Å². The molecule has 2 aromatic rings. The summed E-state index contributed by atoms with van der Waals surface area (Å²) in [5.74, 6) is 0.339. The van der Waals surface area contributed by atoms with Crippen molar-refractivity contribution in [1.82, 2.24) is 14.9 Å². The van der Waals surface area contributed by atoms with E-state index in [1.54, 1.807) is 0 Å². The molecule has 1 atom stereocenters. The Balaban J connectivity index is 2.22. The van der Waals surface area contributed by atoms with Gasteiger partial charge in [-0.05, 0) is 32.9 Å². The summed E-state index contributed by atoms with van der Waals surface area (Å²) in [5.41, 5.74) is 1.91. The maximum atomic E-state index is 12.0. The van der Waals surface area contributed by atoms with Crippen LogP contribution in [-0.2, 0) is 14.6 Å².